The molecule has 4 nitrogen and oxygen atoms in total. The third-order valence-electron chi connectivity index (χ3n) is 2.69. The summed E-state index contributed by atoms with van der Waals surface area (Å²) in [5.74, 6) is 0. The van der Waals surface area contributed by atoms with Gasteiger partial charge in [0, 0.05) is 38.1 Å². The molecule has 0 aromatic carbocycles. The molecule has 1 aliphatic heterocycles. The molecule has 1 saturated heterocycles. The maximum absolute atomic E-state index is 4.18. The number of rotatable bonds is 2. The third-order valence-corrected chi connectivity index (χ3v) is 2.69. The highest BCUT2D eigenvalue weighted by Crippen LogP contribution is 2.09. The average Bonchev–Trinajstić information content (AvgIpc) is 2.22. The monoisotopic (exact) mass is 206 g/mol. The molecule has 1 aromatic heterocycles. The van der Waals surface area contributed by atoms with Crippen molar-refractivity contribution < 1.29 is 0 Å². The number of pyridine rings is 1. The van der Waals surface area contributed by atoms with E-state index in [9.17, 15) is 0 Å². The fourth-order valence-electron chi connectivity index (χ4n) is 1.72. The summed E-state index contributed by atoms with van der Waals surface area (Å²) >= 11 is 0. The summed E-state index contributed by atoms with van der Waals surface area (Å²) in [4.78, 5) is 6.52. The summed E-state index contributed by atoms with van der Waals surface area (Å²) in [5, 5.41) is 2.26. The Morgan fingerprint density at radius 1 is 1.27 bits per heavy atom. The topological polar surface area (TPSA) is 31.4 Å². The Morgan fingerprint density at radius 2 is 2.00 bits per heavy atom. The van der Waals surface area contributed by atoms with E-state index in [1.165, 1.54) is 0 Å². The van der Waals surface area contributed by atoms with E-state index in [4.69, 9.17) is 0 Å². The first-order valence-electron chi connectivity index (χ1n) is 5.37. The van der Waals surface area contributed by atoms with E-state index in [1.807, 2.05) is 19.2 Å². The van der Waals surface area contributed by atoms with Gasteiger partial charge in [0.25, 0.3) is 0 Å². The molecule has 15 heavy (non-hydrogen) atoms. The Balaban J connectivity index is 1.92. The third kappa shape index (κ3) is 2.91. The number of piperazine rings is 1. The smallest absolute Gasteiger partial charge is 0.0523 e. The standard InChI is InChI=1S/C11H18N4/c1-10-9-11(3-4-12-10)13-15-7-5-14(2)6-8-15/h3-4,9H,5-8H2,1-2H3,(H,12,13). The van der Waals surface area contributed by atoms with Gasteiger partial charge in [0.1, 0.15) is 0 Å². The van der Waals surface area contributed by atoms with E-state index in [0.29, 0.717) is 0 Å². The van der Waals surface area contributed by atoms with Crippen molar-refractivity contribution >= 4 is 5.69 Å². The zero-order chi connectivity index (χ0) is 10.7. The Hall–Kier alpha value is -1.13. The van der Waals surface area contributed by atoms with Gasteiger partial charge in [0.15, 0.2) is 0 Å². The molecule has 4 heteroatoms. The number of aromatic nitrogens is 1. The molecular formula is C11H18N4. The van der Waals surface area contributed by atoms with Crippen LogP contribution in [-0.4, -0.2) is 48.1 Å². The maximum atomic E-state index is 4.18. The lowest BCUT2D eigenvalue weighted by Gasteiger charge is -2.33. The maximum Gasteiger partial charge on any atom is 0.0523 e. The summed E-state index contributed by atoms with van der Waals surface area (Å²) in [6.07, 6.45) is 1.84. The number of likely N-dealkylation sites (N-methyl/N-ethyl adjacent to an activating group) is 1. The lowest BCUT2D eigenvalue weighted by atomic mass is 10.3. The Bertz CT molecular complexity index is 318. The molecule has 1 aromatic rings. The predicted molar refractivity (Wildman–Crippen MR) is 61.7 cm³/mol. The van der Waals surface area contributed by atoms with Crippen LogP contribution >= 0.6 is 0 Å². The lowest BCUT2D eigenvalue weighted by molar-refractivity contribution is 0.179. The van der Waals surface area contributed by atoms with Gasteiger partial charge in [-0.15, -0.1) is 0 Å². The van der Waals surface area contributed by atoms with Crippen LogP contribution in [0.2, 0.25) is 0 Å². The molecule has 0 bridgehead atoms. The zero-order valence-corrected chi connectivity index (χ0v) is 9.40. The van der Waals surface area contributed by atoms with Crippen LogP contribution < -0.4 is 5.43 Å². The molecule has 1 fully saturated rings. The van der Waals surface area contributed by atoms with Gasteiger partial charge in [0.05, 0.1) is 5.69 Å². The SMILES string of the molecule is Cc1cc(NN2CCN(C)CC2)ccn1. The number of hydrogen-bond donors (Lipinski definition) is 1. The van der Waals surface area contributed by atoms with Crippen molar-refractivity contribution in [3.8, 4) is 0 Å². The highest BCUT2D eigenvalue weighted by atomic mass is 15.5. The number of nitrogens with zero attached hydrogens (tertiary/aromatic N) is 3. The summed E-state index contributed by atoms with van der Waals surface area (Å²) in [5.41, 5.74) is 5.59. The number of aryl methyl sites for hydroxylation is 1. The quantitative estimate of drug-likeness (QED) is 0.781. The molecule has 0 aliphatic carbocycles. The van der Waals surface area contributed by atoms with E-state index in [1.54, 1.807) is 0 Å². The van der Waals surface area contributed by atoms with Gasteiger partial charge in [-0.25, -0.2) is 5.01 Å². The largest absolute Gasteiger partial charge is 0.319 e. The van der Waals surface area contributed by atoms with Crippen LogP contribution in [0.25, 0.3) is 0 Å². The van der Waals surface area contributed by atoms with Crippen molar-refractivity contribution in [2.24, 2.45) is 0 Å². The molecule has 1 N–H and O–H groups in total. The number of anilines is 1. The van der Waals surface area contributed by atoms with Crippen molar-refractivity contribution in [2.45, 2.75) is 6.92 Å². The Labute approximate surface area is 90.9 Å². The van der Waals surface area contributed by atoms with Crippen molar-refractivity contribution in [3.63, 3.8) is 0 Å². The van der Waals surface area contributed by atoms with Crippen LogP contribution in [0, 0.1) is 6.92 Å². The summed E-state index contributed by atoms with van der Waals surface area (Å²) in [6, 6.07) is 4.07. The second-order valence-corrected chi connectivity index (χ2v) is 4.09. The van der Waals surface area contributed by atoms with Crippen LogP contribution in [0.3, 0.4) is 0 Å². The Kier molecular flexibility index (Phi) is 3.18. The van der Waals surface area contributed by atoms with Gasteiger partial charge < -0.3 is 10.3 Å². The van der Waals surface area contributed by atoms with Crippen LogP contribution in [0.4, 0.5) is 5.69 Å². The molecular weight excluding hydrogens is 188 g/mol. The second-order valence-electron chi connectivity index (χ2n) is 4.09. The van der Waals surface area contributed by atoms with E-state index in [0.717, 1.165) is 37.6 Å². The van der Waals surface area contributed by atoms with Crippen LogP contribution in [0.1, 0.15) is 5.69 Å². The number of hydrogen-bond acceptors (Lipinski definition) is 4. The fourth-order valence-corrected chi connectivity index (χ4v) is 1.72. The molecule has 0 saturated carbocycles. The van der Waals surface area contributed by atoms with Gasteiger partial charge in [-0.1, -0.05) is 0 Å². The average molecular weight is 206 g/mol. The van der Waals surface area contributed by atoms with Gasteiger partial charge in [-0.3, -0.25) is 4.98 Å². The number of nitrogens with one attached hydrogen (secondary N) is 1. The highest BCUT2D eigenvalue weighted by Gasteiger charge is 2.13. The number of hydrazine groups is 1. The van der Waals surface area contributed by atoms with Crippen molar-refractivity contribution in [1.82, 2.24) is 14.9 Å². The zero-order valence-electron chi connectivity index (χ0n) is 9.40. The fraction of sp³-hybridized carbons (Fsp3) is 0.545. The summed E-state index contributed by atoms with van der Waals surface area (Å²) in [7, 11) is 2.16. The minimum atomic E-state index is 1.05. The molecule has 82 valence electrons. The van der Waals surface area contributed by atoms with Gasteiger partial charge >= 0.3 is 0 Å². The summed E-state index contributed by atoms with van der Waals surface area (Å²) < 4.78 is 0. The molecule has 0 unspecified atom stereocenters. The minimum Gasteiger partial charge on any atom is -0.319 e. The molecule has 0 amide bonds. The Morgan fingerprint density at radius 3 is 2.67 bits per heavy atom. The van der Waals surface area contributed by atoms with Crippen LogP contribution in [-0.2, 0) is 0 Å². The first kappa shape index (κ1) is 10.4. The van der Waals surface area contributed by atoms with Crippen molar-refractivity contribution in [2.75, 3.05) is 38.7 Å². The van der Waals surface area contributed by atoms with E-state index >= 15 is 0 Å². The molecule has 2 rings (SSSR count). The molecule has 1 aliphatic rings. The van der Waals surface area contributed by atoms with Crippen molar-refractivity contribution in [3.05, 3.63) is 24.0 Å². The predicted octanol–water partition coefficient (Wildman–Crippen LogP) is 0.964. The molecule has 0 spiro atoms. The minimum absolute atomic E-state index is 1.05. The second kappa shape index (κ2) is 4.59. The first-order chi connectivity index (χ1) is 7.24. The highest BCUT2D eigenvalue weighted by molar-refractivity contribution is 5.41. The van der Waals surface area contributed by atoms with E-state index in [-0.39, 0.29) is 0 Å². The van der Waals surface area contributed by atoms with Gasteiger partial charge in [-0.2, -0.15) is 0 Å². The van der Waals surface area contributed by atoms with Crippen LogP contribution in [0.5, 0.6) is 0 Å². The normalized spacial score (nSPS) is 19.1. The first-order valence-corrected chi connectivity index (χ1v) is 5.37. The van der Waals surface area contributed by atoms with E-state index in [2.05, 4.69) is 33.4 Å². The summed E-state index contributed by atoms with van der Waals surface area (Å²) in [6.45, 7) is 6.39. The molecule has 2 heterocycles. The molecule has 0 radical (unpaired) electrons. The van der Waals surface area contributed by atoms with Gasteiger partial charge in [0.2, 0.25) is 0 Å². The van der Waals surface area contributed by atoms with E-state index < -0.39 is 0 Å². The lowest BCUT2D eigenvalue weighted by Crippen LogP contribution is -2.46. The molecule has 0 atom stereocenters. The van der Waals surface area contributed by atoms with Crippen LogP contribution in [0.15, 0.2) is 18.3 Å². The van der Waals surface area contributed by atoms with Gasteiger partial charge in [-0.05, 0) is 26.1 Å². The van der Waals surface area contributed by atoms with Crippen molar-refractivity contribution in [1.29, 1.82) is 0 Å².